The van der Waals surface area contributed by atoms with E-state index in [1.165, 1.54) is 16.8 Å². The second kappa shape index (κ2) is 11.9. The van der Waals surface area contributed by atoms with Crippen LogP contribution in [0.5, 0.6) is 11.5 Å². The van der Waals surface area contributed by atoms with Crippen molar-refractivity contribution in [3.05, 3.63) is 83.4 Å². The Balaban J connectivity index is 1.06. The number of fused-ring (bicyclic) bond motifs is 5. The Morgan fingerprint density at radius 3 is 2.49 bits per heavy atom. The molecule has 3 aliphatic rings. The molecule has 1 N–H and O–H groups in total. The molecule has 2 aliphatic heterocycles. The Hall–Kier alpha value is -3.98. The molecule has 2 atom stereocenters. The number of hydrogen-bond acceptors (Lipinski definition) is 6. The predicted molar refractivity (Wildman–Crippen MR) is 164 cm³/mol. The first-order valence-corrected chi connectivity index (χ1v) is 14.6. The molecule has 3 aromatic carbocycles. The molecule has 2 fully saturated rings. The van der Waals surface area contributed by atoms with Crippen LogP contribution in [0.1, 0.15) is 41.5 Å². The van der Waals surface area contributed by atoms with Gasteiger partial charge in [-0.05, 0) is 71.9 Å². The maximum Gasteiger partial charge on any atom is 0.410 e. The molecule has 214 valence electrons. The molecule has 0 radical (unpaired) electrons. The van der Waals surface area contributed by atoms with Crippen LogP contribution >= 0.6 is 12.2 Å². The summed E-state index contributed by atoms with van der Waals surface area (Å²) in [7, 11) is 3.28. The number of piperazine rings is 1. The van der Waals surface area contributed by atoms with E-state index in [-0.39, 0.29) is 12.1 Å². The molecule has 0 spiro atoms. The molecule has 41 heavy (non-hydrogen) atoms. The van der Waals surface area contributed by atoms with E-state index in [1.807, 2.05) is 53.4 Å². The number of likely N-dealkylation sites (tertiary alicyclic amines) is 1. The van der Waals surface area contributed by atoms with Crippen molar-refractivity contribution in [3.63, 3.8) is 0 Å². The molecule has 0 aromatic heterocycles. The molecule has 2 heterocycles. The Morgan fingerprint density at radius 2 is 1.73 bits per heavy atom. The van der Waals surface area contributed by atoms with Gasteiger partial charge in [-0.25, -0.2) is 4.79 Å². The van der Waals surface area contributed by atoms with Crippen LogP contribution in [-0.4, -0.2) is 67.9 Å². The minimum atomic E-state index is -0.220. The number of carbonyl (C=O) groups excluding carboxylic acids is 1. The lowest BCUT2D eigenvalue weighted by Gasteiger charge is -2.37. The summed E-state index contributed by atoms with van der Waals surface area (Å²) in [6, 6.07) is 22.4. The van der Waals surface area contributed by atoms with E-state index in [9.17, 15) is 4.79 Å². The number of rotatable bonds is 6. The lowest BCUT2D eigenvalue weighted by molar-refractivity contribution is 0.0694. The van der Waals surface area contributed by atoms with Crippen molar-refractivity contribution >= 4 is 34.8 Å². The number of carbonyl (C=O) groups is 1. The molecular weight excluding hydrogens is 536 g/mol. The number of benzene rings is 3. The van der Waals surface area contributed by atoms with E-state index in [0.717, 1.165) is 62.6 Å². The second-order valence-corrected chi connectivity index (χ2v) is 11.1. The van der Waals surface area contributed by atoms with Crippen LogP contribution in [0.25, 0.3) is 0 Å². The van der Waals surface area contributed by atoms with Gasteiger partial charge in [-0.3, -0.25) is 0 Å². The summed E-state index contributed by atoms with van der Waals surface area (Å²) >= 11 is 5.74. The van der Waals surface area contributed by atoms with Crippen LogP contribution in [0.3, 0.4) is 0 Å². The summed E-state index contributed by atoms with van der Waals surface area (Å²) in [5.74, 6) is 1.92. The van der Waals surface area contributed by atoms with E-state index in [1.54, 1.807) is 14.2 Å². The van der Waals surface area contributed by atoms with E-state index < -0.39 is 0 Å². The first kappa shape index (κ1) is 27.2. The van der Waals surface area contributed by atoms with Gasteiger partial charge in [0.15, 0.2) is 5.11 Å². The first-order valence-electron chi connectivity index (χ1n) is 14.2. The van der Waals surface area contributed by atoms with Crippen LogP contribution in [0.2, 0.25) is 0 Å². The van der Waals surface area contributed by atoms with E-state index in [4.69, 9.17) is 26.4 Å². The highest BCUT2D eigenvalue weighted by Crippen LogP contribution is 2.50. The van der Waals surface area contributed by atoms with E-state index in [0.29, 0.717) is 23.4 Å². The third-order valence-electron chi connectivity index (χ3n) is 8.49. The fraction of sp³-hybridized carbons (Fsp3) is 0.375. The number of amides is 1. The van der Waals surface area contributed by atoms with Crippen LogP contribution in [-0.2, 0) is 11.3 Å². The van der Waals surface area contributed by atoms with Gasteiger partial charge in [0.05, 0.1) is 25.9 Å². The van der Waals surface area contributed by atoms with Crippen LogP contribution < -0.4 is 19.7 Å². The number of anilines is 2. The fourth-order valence-corrected chi connectivity index (χ4v) is 6.54. The minimum Gasteiger partial charge on any atom is -0.497 e. The van der Waals surface area contributed by atoms with Crippen molar-refractivity contribution in [1.82, 2.24) is 9.80 Å². The van der Waals surface area contributed by atoms with Crippen LogP contribution in [0, 0.1) is 0 Å². The van der Waals surface area contributed by atoms with Gasteiger partial charge in [-0.1, -0.05) is 36.4 Å². The normalized spacial score (nSPS) is 19.4. The zero-order chi connectivity index (χ0) is 28.3. The zero-order valence-corrected chi connectivity index (χ0v) is 24.4. The van der Waals surface area contributed by atoms with Crippen molar-refractivity contribution < 1.29 is 19.0 Å². The molecule has 3 aromatic rings. The third kappa shape index (κ3) is 5.63. The Bertz CT molecular complexity index is 1410. The van der Waals surface area contributed by atoms with Gasteiger partial charge >= 0.3 is 6.09 Å². The zero-order valence-electron chi connectivity index (χ0n) is 23.5. The lowest BCUT2D eigenvalue weighted by atomic mass is 9.95. The second-order valence-electron chi connectivity index (χ2n) is 10.8. The lowest BCUT2D eigenvalue weighted by Crippen LogP contribution is -2.50. The smallest absolute Gasteiger partial charge is 0.410 e. The Kier molecular flexibility index (Phi) is 7.87. The quantitative estimate of drug-likeness (QED) is 0.372. The van der Waals surface area contributed by atoms with Crippen molar-refractivity contribution in [2.75, 3.05) is 57.2 Å². The third-order valence-corrected chi connectivity index (χ3v) is 8.85. The maximum atomic E-state index is 13.0. The number of ether oxygens (including phenoxy) is 3. The fourth-order valence-electron chi connectivity index (χ4n) is 6.24. The van der Waals surface area contributed by atoms with Crippen molar-refractivity contribution in [1.29, 1.82) is 0 Å². The average Bonchev–Trinajstić information content (AvgIpc) is 3.31. The molecule has 2 bridgehead atoms. The summed E-state index contributed by atoms with van der Waals surface area (Å²) in [5, 5.41) is 4.03. The van der Waals surface area contributed by atoms with E-state index >= 15 is 0 Å². The predicted octanol–water partition coefficient (Wildman–Crippen LogP) is 5.79. The molecule has 2 saturated heterocycles. The highest BCUT2D eigenvalue weighted by molar-refractivity contribution is 7.80. The topological polar surface area (TPSA) is 66.5 Å². The highest BCUT2D eigenvalue weighted by Gasteiger charge is 2.41. The minimum absolute atomic E-state index is 0.0938. The molecule has 1 amide bonds. The SMILES string of the molecule is COc1ccc(NC(=S)N2CCN(c3ccc4c(c3)[C@H]3CCN(C(=O)OCc5ccccc5)[C@@H]4C3)CC2)c(OC)c1. The van der Waals surface area contributed by atoms with Crippen molar-refractivity contribution in [2.45, 2.75) is 31.4 Å². The number of piperidine rings is 1. The summed E-state index contributed by atoms with van der Waals surface area (Å²) < 4.78 is 16.5. The number of nitrogens with one attached hydrogen (secondary N) is 1. The summed E-state index contributed by atoms with van der Waals surface area (Å²) in [4.78, 5) is 19.6. The molecular formula is C32H36N4O4S. The van der Waals surface area contributed by atoms with Gasteiger partial charge in [0.25, 0.3) is 0 Å². The summed E-state index contributed by atoms with van der Waals surface area (Å²) in [6.45, 7) is 4.45. The summed E-state index contributed by atoms with van der Waals surface area (Å²) in [5.41, 5.74) is 5.72. The van der Waals surface area contributed by atoms with Gasteiger partial charge in [0.2, 0.25) is 0 Å². The molecule has 1 aliphatic carbocycles. The standard InChI is InChI=1S/C32H36N4O4S/c1-38-25-9-11-28(30(20-25)39-2)33-31(41)35-16-14-34(15-17-35)24-8-10-26-27(19-24)23-12-13-36(29(26)18-23)32(37)40-21-22-6-4-3-5-7-22/h3-11,19-20,23,29H,12-18,21H2,1-2H3,(H,33,41)/t23-,29+/m0/s1. The molecule has 9 heteroatoms. The maximum absolute atomic E-state index is 13.0. The number of nitrogens with zero attached hydrogens (tertiary/aromatic N) is 3. The van der Waals surface area contributed by atoms with Gasteiger partial charge in [0.1, 0.15) is 18.1 Å². The van der Waals surface area contributed by atoms with Gasteiger partial charge in [-0.2, -0.15) is 0 Å². The molecule has 8 nitrogen and oxygen atoms in total. The molecule has 0 saturated carbocycles. The highest BCUT2D eigenvalue weighted by atomic mass is 32.1. The van der Waals surface area contributed by atoms with E-state index in [2.05, 4.69) is 33.3 Å². The Morgan fingerprint density at radius 1 is 0.927 bits per heavy atom. The van der Waals surface area contributed by atoms with Crippen molar-refractivity contribution in [2.24, 2.45) is 0 Å². The van der Waals surface area contributed by atoms with Gasteiger partial charge in [-0.15, -0.1) is 0 Å². The number of methoxy groups -OCH3 is 2. The number of thiocarbonyl (C=S) groups is 1. The number of hydrogen-bond donors (Lipinski definition) is 1. The van der Waals surface area contributed by atoms with Crippen molar-refractivity contribution in [3.8, 4) is 11.5 Å². The first-order chi connectivity index (χ1) is 20.0. The Labute approximate surface area is 246 Å². The van der Waals surface area contributed by atoms with Crippen LogP contribution in [0.15, 0.2) is 66.7 Å². The van der Waals surface area contributed by atoms with Gasteiger partial charge in [0, 0.05) is 44.5 Å². The molecule has 6 rings (SSSR count). The van der Waals surface area contributed by atoms with Gasteiger partial charge < -0.3 is 34.2 Å². The largest absolute Gasteiger partial charge is 0.497 e. The molecule has 0 unspecified atom stereocenters. The monoisotopic (exact) mass is 572 g/mol. The summed E-state index contributed by atoms with van der Waals surface area (Å²) in [6.07, 6.45) is 1.72. The average molecular weight is 573 g/mol. The van der Waals surface area contributed by atoms with Crippen LogP contribution in [0.4, 0.5) is 16.2 Å².